The van der Waals surface area contributed by atoms with Crippen molar-refractivity contribution < 1.29 is 9.84 Å². The molecule has 2 rings (SSSR count). The summed E-state index contributed by atoms with van der Waals surface area (Å²) in [4.78, 5) is 0. The van der Waals surface area contributed by atoms with Crippen molar-refractivity contribution in [2.75, 3.05) is 13.2 Å². The summed E-state index contributed by atoms with van der Waals surface area (Å²) in [6, 6.07) is 5.69. The molecule has 0 saturated carbocycles. The number of benzene rings is 1. The molecule has 3 nitrogen and oxygen atoms in total. The highest BCUT2D eigenvalue weighted by molar-refractivity contribution is 6.32. The van der Waals surface area contributed by atoms with E-state index in [4.69, 9.17) is 16.3 Å². The number of aromatic hydroxyl groups is 1. The summed E-state index contributed by atoms with van der Waals surface area (Å²) < 4.78 is 5.04. The van der Waals surface area contributed by atoms with Gasteiger partial charge in [-0.3, -0.25) is 0 Å². The van der Waals surface area contributed by atoms with E-state index in [1.165, 1.54) is 0 Å². The van der Waals surface area contributed by atoms with Gasteiger partial charge in [-0.1, -0.05) is 17.7 Å². The maximum Gasteiger partial charge on any atom is 0.134 e. The molecule has 1 aliphatic heterocycles. The Balaban J connectivity index is 1.91. The van der Waals surface area contributed by atoms with Gasteiger partial charge in [0.05, 0.1) is 24.3 Å². The predicted octanol–water partition coefficient (Wildman–Crippen LogP) is 1.53. The summed E-state index contributed by atoms with van der Waals surface area (Å²) in [5, 5.41) is 12.9. The highest BCUT2D eigenvalue weighted by Crippen LogP contribution is 2.23. The first-order valence-electron chi connectivity index (χ1n) is 4.54. The van der Waals surface area contributed by atoms with Gasteiger partial charge in [0.25, 0.3) is 0 Å². The second-order valence-electron chi connectivity index (χ2n) is 3.40. The summed E-state index contributed by atoms with van der Waals surface area (Å²) in [5.41, 5.74) is 1.07. The maximum absolute atomic E-state index is 9.21. The molecule has 14 heavy (non-hydrogen) atoms. The molecule has 0 bridgehead atoms. The van der Waals surface area contributed by atoms with Gasteiger partial charge in [0.1, 0.15) is 5.75 Å². The summed E-state index contributed by atoms with van der Waals surface area (Å²) >= 11 is 5.77. The van der Waals surface area contributed by atoms with E-state index in [0.717, 1.165) is 25.3 Å². The molecule has 1 aromatic rings. The average molecular weight is 214 g/mol. The lowest BCUT2D eigenvalue weighted by atomic mass is 10.2. The van der Waals surface area contributed by atoms with Crippen LogP contribution in [0.2, 0.25) is 5.02 Å². The van der Waals surface area contributed by atoms with E-state index in [-0.39, 0.29) is 5.75 Å². The molecule has 0 unspecified atom stereocenters. The Labute approximate surface area is 87.6 Å². The molecular formula is C10H12ClNO2. The molecule has 1 heterocycles. The zero-order chi connectivity index (χ0) is 9.97. The van der Waals surface area contributed by atoms with Gasteiger partial charge in [0, 0.05) is 6.54 Å². The monoisotopic (exact) mass is 213 g/mol. The number of rotatable bonds is 3. The van der Waals surface area contributed by atoms with Crippen LogP contribution in [0.4, 0.5) is 0 Å². The number of phenolic OH excluding ortho intramolecular Hbond substituents is 1. The lowest BCUT2D eigenvalue weighted by Gasteiger charge is -2.27. The molecule has 2 N–H and O–H groups in total. The van der Waals surface area contributed by atoms with Crippen LogP contribution in [0.15, 0.2) is 18.2 Å². The molecule has 0 radical (unpaired) electrons. The van der Waals surface area contributed by atoms with Crippen molar-refractivity contribution in [1.82, 2.24) is 5.32 Å². The van der Waals surface area contributed by atoms with Crippen LogP contribution in [0.5, 0.6) is 5.75 Å². The van der Waals surface area contributed by atoms with E-state index in [0.29, 0.717) is 11.1 Å². The van der Waals surface area contributed by atoms with Crippen molar-refractivity contribution in [3.05, 3.63) is 28.8 Å². The molecule has 1 aliphatic rings. The summed E-state index contributed by atoms with van der Waals surface area (Å²) in [6.07, 6.45) is 0. The third kappa shape index (κ3) is 2.18. The lowest BCUT2D eigenvalue weighted by Crippen LogP contribution is -2.45. The quantitative estimate of drug-likeness (QED) is 0.800. The Bertz CT molecular complexity index is 326. The minimum Gasteiger partial charge on any atom is -0.506 e. The van der Waals surface area contributed by atoms with E-state index >= 15 is 0 Å². The van der Waals surface area contributed by atoms with Crippen LogP contribution < -0.4 is 5.32 Å². The second-order valence-corrected chi connectivity index (χ2v) is 3.81. The van der Waals surface area contributed by atoms with Crippen molar-refractivity contribution in [3.63, 3.8) is 0 Å². The predicted molar refractivity (Wildman–Crippen MR) is 54.6 cm³/mol. The van der Waals surface area contributed by atoms with E-state index < -0.39 is 0 Å². The molecule has 0 aliphatic carbocycles. The Morgan fingerprint density at radius 3 is 2.86 bits per heavy atom. The molecule has 1 saturated heterocycles. The lowest BCUT2D eigenvalue weighted by molar-refractivity contribution is -0.00578. The SMILES string of the molecule is Oc1ccc(CNC2COC2)cc1Cl. The largest absolute Gasteiger partial charge is 0.506 e. The van der Waals surface area contributed by atoms with Crippen molar-refractivity contribution in [2.24, 2.45) is 0 Å². The average Bonchev–Trinajstić information content (AvgIpc) is 2.08. The van der Waals surface area contributed by atoms with E-state index in [1.54, 1.807) is 12.1 Å². The molecule has 1 fully saturated rings. The van der Waals surface area contributed by atoms with Crippen LogP contribution in [-0.4, -0.2) is 24.4 Å². The van der Waals surface area contributed by atoms with Crippen molar-refractivity contribution >= 4 is 11.6 Å². The fourth-order valence-corrected chi connectivity index (χ4v) is 1.48. The summed E-state index contributed by atoms with van der Waals surface area (Å²) in [5.74, 6) is 0.127. The minimum atomic E-state index is 0.127. The van der Waals surface area contributed by atoms with E-state index in [1.807, 2.05) is 6.07 Å². The molecule has 0 amide bonds. The summed E-state index contributed by atoms with van der Waals surface area (Å²) in [7, 11) is 0. The Hall–Kier alpha value is -0.770. The number of hydrogen-bond donors (Lipinski definition) is 2. The summed E-state index contributed by atoms with van der Waals surface area (Å²) in [6.45, 7) is 2.33. The van der Waals surface area contributed by atoms with Crippen LogP contribution >= 0.6 is 11.6 Å². The van der Waals surface area contributed by atoms with Gasteiger partial charge in [0.15, 0.2) is 0 Å². The van der Waals surface area contributed by atoms with Crippen molar-refractivity contribution in [2.45, 2.75) is 12.6 Å². The topological polar surface area (TPSA) is 41.5 Å². The zero-order valence-electron chi connectivity index (χ0n) is 7.66. The number of ether oxygens (including phenoxy) is 1. The van der Waals surface area contributed by atoms with Gasteiger partial charge in [0.2, 0.25) is 0 Å². The van der Waals surface area contributed by atoms with E-state index in [9.17, 15) is 5.11 Å². The Morgan fingerprint density at radius 1 is 1.50 bits per heavy atom. The van der Waals surface area contributed by atoms with Crippen molar-refractivity contribution in [1.29, 1.82) is 0 Å². The third-order valence-corrected chi connectivity index (χ3v) is 2.55. The number of phenols is 1. The Kier molecular flexibility index (Phi) is 2.91. The first-order chi connectivity index (χ1) is 6.75. The number of halogens is 1. The molecule has 0 spiro atoms. The maximum atomic E-state index is 9.21. The van der Waals surface area contributed by atoms with Gasteiger partial charge in [-0.15, -0.1) is 0 Å². The molecular weight excluding hydrogens is 202 g/mol. The van der Waals surface area contributed by atoms with Crippen LogP contribution in [0.3, 0.4) is 0 Å². The van der Waals surface area contributed by atoms with Gasteiger partial charge in [-0.25, -0.2) is 0 Å². The first-order valence-corrected chi connectivity index (χ1v) is 4.92. The first kappa shape index (κ1) is 9.77. The molecule has 0 atom stereocenters. The third-order valence-electron chi connectivity index (χ3n) is 2.25. The minimum absolute atomic E-state index is 0.127. The molecule has 1 aromatic carbocycles. The highest BCUT2D eigenvalue weighted by atomic mass is 35.5. The standard InChI is InChI=1S/C10H12ClNO2/c11-9-3-7(1-2-10(9)13)4-12-8-5-14-6-8/h1-3,8,12-13H,4-6H2. The van der Waals surface area contributed by atoms with Crippen LogP contribution in [0, 0.1) is 0 Å². The van der Waals surface area contributed by atoms with Gasteiger partial charge >= 0.3 is 0 Å². The van der Waals surface area contributed by atoms with Gasteiger partial charge in [-0.2, -0.15) is 0 Å². The van der Waals surface area contributed by atoms with Crippen LogP contribution in [0.25, 0.3) is 0 Å². The smallest absolute Gasteiger partial charge is 0.134 e. The normalized spacial score (nSPS) is 16.6. The number of nitrogens with one attached hydrogen (secondary N) is 1. The fraction of sp³-hybridized carbons (Fsp3) is 0.400. The fourth-order valence-electron chi connectivity index (χ4n) is 1.28. The van der Waals surface area contributed by atoms with Crippen LogP contribution in [-0.2, 0) is 11.3 Å². The second kappa shape index (κ2) is 4.17. The van der Waals surface area contributed by atoms with Crippen molar-refractivity contribution in [3.8, 4) is 5.75 Å². The molecule has 0 aromatic heterocycles. The van der Waals surface area contributed by atoms with Gasteiger partial charge in [-0.05, 0) is 17.7 Å². The highest BCUT2D eigenvalue weighted by Gasteiger charge is 2.16. The molecule has 4 heteroatoms. The molecule has 76 valence electrons. The van der Waals surface area contributed by atoms with Crippen LogP contribution in [0.1, 0.15) is 5.56 Å². The zero-order valence-corrected chi connectivity index (χ0v) is 8.42. The number of hydrogen-bond acceptors (Lipinski definition) is 3. The van der Waals surface area contributed by atoms with E-state index in [2.05, 4.69) is 5.32 Å². The van der Waals surface area contributed by atoms with Gasteiger partial charge < -0.3 is 15.2 Å². The Morgan fingerprint density at radius 2 is 2.29 bits per heavy atom.